The molecule has 2 N–H and O–H groups in total. The molecule has 4 aromatic rings. The molecule has 0 bridgehead atoms. The first kappa shape index (κ1) is 18.0. The highest BCUT2D eigenvalue weighted by molar-refractivity contribution is 9.10. The Hall–Kier alpha value is -3.11. The number of H-pyrrole nitrogens is 1. The van der Waals surface area contributed by atoms with Crippen molar-refractivity contribution in [3.8, 4) is 0 Å². The van der Waals surface area contributed by atoms with Gasteiger partial charge < -0.3 is 10.1 Å². The van der Waals surface area contributed by atoms with Crippen LogP contribution in [0, 0.1) is 5.82 Å². The summed E-state index contributed by atoms with van der Waals surface area (Å²) in [6.45, 7) is 0.730. The van der Waals surface area contributed by atoms with E-state index in [0.29, 0.717) is 41.4 Å². The number of nitrogens with one attached hydrogen (secondary N) is 2. The Kier molecular flexibility index (Phi) is 4.36. The first-order valence-corrected chi connectivity index (χ1v) is 9.61. The lowest BCUT2D eigenvalue weighted by Crippen LogP contribution is -2.25. The van der Waals surface area contributed by atoms with E-state index < -0.39 is 0 Å². The van der Waals surface area contributed by atoms with Crippen LogP contribution in [0.3, 0.4) is 0 Å². The van der Waals surface area contributed by atoms with Gasteiger partial charge in [-0.2, -0.15) is 5.10 Å². The molecule has 146 valence electrons. The molecule has 0 radical (unpaired) electrons. The zero-order valence-electron chi connectivity index (χ0n) is 14.9. The molecule has 3 heterocycles. The number of nitrogens with zero attached hydrogens (tertiary/aromatic N) is 4. The fraction of sp³-hybridized carbons (Fsp3) is 0.158. The highest BCUT2D eigenvalue weighted by Gasteiger charge is 2.27. The Bertz CT molecular complexity index is 1270. The van der Waals surface area contributed by atoms with Crippen LogP contribution in [0.25, 0.3) is 10.8 Å². The first-order chi connectivity index (χ1) is 14.1. The molecule has 8 nitrogen and oxygen atoms in total. The third-order valence-electron chi connectivity index (χ3n) is 4.88. The van der Waals surface area contributed by atoms with Crippen LogP contribution < -0.4 is 10.9 Å². The van der Waals surface area contributed by atoms with Crippen LogP contribution in [0.15, 0.2) is 51.9 Å². The molecule has 2 aromatic carbocycles. The Balaban J connectivity index is 1.62. The first-order valence-electron chi connectivity index (χ1n) is 8.82. The molecule has 29 heavy (non-hydrogen) atoms. The Labute approximate surface area is 171 Å². The number of hydrogen-bond acceptors (Lipinski definition) is 6. The molecular weight excluding hydrogens is 443 g/mol. The summed E-state index contributed by atoms with van der Waals surface area (Å²) in [6, 6.07) is 9.57. The number of aromatic nitrogens is 5. The second-order valence-electron chi connectivity index (χ2n) is 6.60. The van der Waals surface area contributed by atoms with Crippen molar-refractivity contribution in [2.75, 3.05) is 11.9 Å². The van der Waals surface area contributed by atoms with Gasteiger partial charge in [0.15, 0.2) is 5.82 Å². The van der Waals surface area contributed by atoms with Crippen molar-refractivity contribution in [2.24, 2.45) is 0 Å². The maximum Gasteiger partial charge on any atom is 0.272 e. The Morgan fingerprint density at radius 3 is 2.83 bits per heavy atom. The molecule has 2 aromatic heterocycles. The molecular formula is C19H14BrFN6O2. The van der Waals surface area contributed by atoms with E-state index in [-0.39, 0.29) is 17.4 Å². The van der Waals surface area contributed by atoms with E-state index in [4.69, 9.17) is 4.74 Å². The summed E-state index contributed by atoms with van der Waals surface area (Å²) < 4.78 is 21.7. The van der Waals surface area contributed by atoms with Gasteiger partial charge in [0.2, 0.25) is 5.95 Å². The fourth-order valence-corrected chi connectivity index (χ4v) is 3.93. The maximum absolute atomic E-state index is 13.4. The predicted molar refractivity (Wildman–Crippen MR) is 108 cm³/mol. The summed E-state index contributed by atoms with van der Waals surface area (Å²) in [5.74, 6) is 0.844. The van der Waals surface area contributed by atoms with Crippen LogP contribution >= 0.6 is 15.9 Å². The quantitative estimate of drug-likeness (QED) is 0.490. The number of benzene rings is 2. The zero-order valence-corrected chi connectivity index (χ0v) is 16.5. The third-order valence-corrected chi connectivity index (χ3v) is 5.54. The maximum atomic E-state index is 13.4. The second-order valence-corrected chi connectivity index (χ2v) is 7.45. The molecule has 1 aliphatic rings. The largest absolute Gasteiger partial charge is 0.371 e. The van der Waals surface area contributed by atoms with Crippen molar-refractivity contribution in [3.05, 3.63) is 74.6 Å². The van der Waals surface area contributed by atoms with Gasteiger partial charge in [-0.1, -0.05) is 12.1 Å². The van der Waals surface area contributed by atoms with Crippen LogP contribution in [0.2, 0.25) is 0 Å². The minimum Gasteiger partial charge on any atom is -0.371 e. The van der Waals surface area contributed by atoms with Gasteiger partial charge in [-0.25, -0.2) is 9.49 Å². The predicted octanol–water partition coefficient (Wildman–Crippen LogP) is 3.28. The lowest BCUT2D eigenvalue weighted by Gasteiger charge is -2.27. The van der Waals surface area contributed by atoms with Gasteiger partial charge >= 0.3 is 0 Å². The van der Waals surface area contributed by atoms with E-state index in [0.717, 1.165) is 10.0 Å². The molecule has 0 unspecified atom stereocenters. The van der Waals surface area contributed by atoms with Crippen molar-refractivity contribution < 1.29 is 9.13 Å². The summed E-state index contributed by atoms with van der Waals surface area (Å²) in [6.07, 6.45) is 1.58. The molecule has 0 aliphatic carbocycles. The smallest absolute Gasteiger partial charge is 0.272 e. The van der Waals surface area contributed by atoms with E-state index in [1.54, 1.807) is 30.5 Å². The highest BCUT2D eigenvalue weighted by atomic mass is 79.9. The van der Waals surface area contributed by atoms with Gasteiger partial charge in [-0.15, -0.1) is 10.2 Å². The molecule has 0 spiro atoms. The zero-order chi connectivity index (χ0) is 20.0. The third kappa shape index (κ3) is 3.10. The van der Waals surface area contributed by atoms with E-state index in [1.807, 2.05) is 4.57 Å². The summed E-state index contributed by atoms with van der Waals surface area (Å²) >= 11 is 3.53. The van der Waals surface area contributed by atoms with Gasteiger partial charge in [0.1, 0.15) is 12.4 Å². The summed E-state index contributed by atoms with van der Waals surface area (Å²) in [4.78, 5) is 12.1. The minimum atomic E-state index is -0.301. The van der Waals surface area contributed by atoms with Crippen LogP contribution in [0.4, 0.5) is 16.0 Å². The van der Waals surface area contributed by atoms with Crippen LogP contribution in [0.1, 0.15) is 17.4 Å². The van der Waals surface area contributed by atoms with Crippen molar-refractivity contribution in [1.29, 1.82) is 0 Å². The molecule has 0 amide bonds. The molecule has 1 aliphatic heterocycles. The average Bonchev–Trinajstić information content (AvgIpc) is 3.14. The number of rotatable bonds is 3. The van der Waals surface area contributed by atoms with Crippen molar-refractivity contribution in [1.82, 2.24) is 25.0 Å². The lowest BCUT2D eigenvalue weighted by atomic mass is 10.1. The summed E-state index contributed by atoms with van der Waals surface area (Å²) in [7, 11) is 0. The number of anilines is 2. The number of hydrogen-bond donors (Lipinski definition) is 2. The molecule has 0 fully saturated rings. The van der Waals surface area contributed by atoms with E-state index in [1.165, 1.54) is 12.1 Å². The fourth-order valence-electron chi connectivity index (χ4n) is 3.48. The molecule has 1 atom stereocenters. The Morgan fingerprint density at radius 1 is 1.17 bits per heavy atom. The average molecular weight is 457 g/mol. The molecule has 5 rings (SSSR count). The van der Waals surface area contributed by atoms with E-state index in [2.05, 4.69) is 41.6 Å². The Morgan fingerprint density at radius 2 is 2.00 bits per heavy atom. The topological polar surface area (TPSA) is 97.7 Å². The number of halogens is 2. The second kappa shape index (κ2) is 7.05. The summed E-state index contributed by atoms with van der Waals surface area (Å²) in [5, 5.41) is 19.3. The molecule has 0 saturated carbocycles. The standard InChI is InChI=1S/C19H14BrFN6O2/c20-14-6-5-12-13(7-22-25-18(12)28)17(14)23-19-26-24-16-9-29-8-15(27(16)19)10-1-3-11(21)4-2-10/h1-7,15H,8-9H2,(H,23,26)(H,25,28)/t15-/m0/s1. The van der Waals surface area contributed by atoms with E-state index >= 15 is 0 Å². The SMILES string of the molecule is O=c1[nH]ncc2c(Nc3nnc4n3[C@H](c3ccc(F)cc3)COC4)c(Br)ccc12. The van der Waals surface area contributed by atoms with Crippen molar-refractivity contribution in [2.45, 2.75) is 12.6 Å². The monoisotopic (exact) mass is 456 g/mol. The van der Waals surface area contributed by atoms with Crippen molar-refractivity contribution >= 4 is 38.3 Å². The highest BCUT2D eigenvalue weighted by Crippen LogP contribution is 2.34. The molecule has 0 saturated heterocycles. The van der Waals surface area contributed by atoms with Crippen LogP contribution in [0.5, 0.6) is 0 Å². The van der Waals surface area contributed by atoms with E-state index in [9.17, 15) is 9.18 Å². The lowest BCUT2D eigenvalue weighted by molar-refractivity contribution is 0.0670. The normalized spacial score (nSPS) is 16.0. The van der Waals surface area contributed by atoms with Gasteiger partial charge in [-0.3, -0.25) is 9.36 Å². The minimum absolute atomic E-state index is 0.216. The van der Waals surface area contributed by atoms with Gasteiger partial charge in [-0.05, 0) is 45.8 Å². The van der Waals surface area contributed by atoms with Gasteiger partial charge in [0.05, 0.1) is 29.9 Å². The van der Waals surface area contributed by atoms with Crippen molar-refractivity contribution in [3.63, 3.8) is 0 Å². The number of aromatic amines is 1. The summed E-state index contributed by atoms with van der Waals surface area (Å²) in [5.41, 5.74) is 1.25. The number of fused-ring (bicyclic) bond motifs is 2. The van der Waals surface area contributed by atoms with Crippen LogP contribution in [-0.4, -0.2) is 31.6 Å². The van der Waals surface area contributed by atoms with Gasteiger partial charge in [0.25, 0.3) is 5.56 Å². The number of ether oxygens (including phenoxy) is 1. The molecule has 10 heteroatoms. The van der Waals surface area contributed by atoms with Crippen LogP contribution in [-0.2, 0) is 11.3 Å². The van der Waals surface area contributed by atoms with Gasteiger partial charge in [0, 0.05) is 9.86 Å².